The zero-order valence-electron chi connectivity index (χ0n) is 11.9. The van der Waals surface area contributed by atoms with Crippen LogP contribution in [-0.4, -0.2) is 40.0 Å². The zero-order chi connectivity index (χ0) is 13.9. The number of nitrogens with zero attached hydrogens (tertiary/aromatic N) is 3. The van der Waals surface area contributed by atoms with Crippen molar-refractivity contribution in [3.63, 3.8) is 0 Å². The molecule has 1 aliphatic heterocycles. The van der Waals surface area contributed by atoms with Crippen molar-refractivity contribution < 1.29 is 4.79 Å². The largest absolute Gasteiger partial charge is 0.337 e. The van der Waals surface area contributed by atoms with Crippen LogP contribution in [0.2, 0.25) is 0 Å². The fraction of sp³-hybridized carbons (Fsp3) is 0.714. The lowest BCUT2D eigenvalue weighted by molar-refractivity contribution is 0.0595. The van der Waals surface area contributed by atoms with Gasteiger partial charge in [0.15, 0.2) is 0 Å². The van der Waals surface area contributed by atoms with Crippen molar-refractivity contribution in [2.75, 3.05) is 19.6 Å². The van der Waals surface area contributed by atoms with Crippen LogP contribution in [0.15, 0.2) is 12.5 Å². The van der Waals surface area contributed by atoms with Gasteiger partial charge in [0.05, 0.1) is 6.33 Å². The molecule has 0 aromatic carbocycles. The van der Waals surface area contributed by atoms with Gasteiger partial charge in [0.2, 0.25) is 0 Å². The molecule has 2 rings (SSSR count). The van der Waals surface area contributed by atoms with E-state index >= 15 is 0 Å². The third kappa shape index (κ3) is 3.15. The molecule has 0 unspecified atom stereocenters. The third-order valence-corrected chi connectivity index (χ3v) is 4.35. The normalized spacial score (nSPS) is 18.6. The molecule has 5 heteroatoms. The summed E-state index contributed by atoms with van der Waals surface area (Å²) < 4.78 is 1.87. The average Bonchev–Trinajstić information content (AvgIpc) is 2.88. The Bertz CT molecular complexity index is 432. The Morgan fingerprint density at radius 3 is 2.74 bits per heavy atom. The van der Waals surface area contributed by atoms with Crippen molar-refractivity contribution in [3.8, 4) is 0 Å². The molecule has 0 bridgehead atoms. The van der Waals surface area contributed by atoms with Gasteiger partial charge in [-0.1, -0.05) is 20.3 Å². The van der Waals surface area contributed by atoms with Crippen molar-refractivity contribution in [2.24, 2.45) is 11.1 Å². The van der Waals surface area contributed by atoms with Crippen LogP contribution in [0.3, 0.4) is 0 Å². The lowest BCUT2D eigenvalue weighted by atomic mass is 9.78. The Morgan fingerprint density at radius 2 is 2.16 bits per heavy atom. The van der Waals surface area contributed by atoms with Gasteiger partial charge in [-0.15, -0.1) is 0 Å². The highest BCUT2D eigenvalue weighted by Crippen LogP contribution is 2.34. The zero-order valence-corrected chi connectivity index (χ0v) is 11.9. The molecule has 0 aliphatic carbocycles. The number of hydrogen-bond donors (Lipinski definition) is 1. The molecule has 1 amide bonds. The number of carbonyl (C=O) groups excluding carboxylic acids is 1. The fourth-order valence-electron chi connectivity index (χ4n) is 2.51. The van der Waals surface area contributed by atoms with E-state index in [9.17, 15) is 4.79 Å². The number of imidazole rings is 1. The van der Waals surface area contributed by atoms with Crippen LogP contribution in [-0.2, 0) is 6.54 Å². The van der Waals surface area contributed by atoms with Gasteiger partial charge in [-0.05, 0) is 18.3 Å². The van der Waals surface area contributed by atoms with E-state index in [1.807, 2.05) is 9.47 Å². The summed E-state index contributed by atoms with van der Waals surface area (Å²) in [7, 11) is 0. The maximum Gasteiger partial charge on any atom is 0.274 e. The minimum Gasteiger partial charge on any atom is -0.337 e. The maximum atomic E-state index is 12.3. The smallest absolute Gasteiger partial charge is 0.274 e. The first-order valence-electron chi connectivity index (χ1n) is 7.09. The molecule has 1 aromatic rings. The van der Waals surface area contributed by atoms with Crippen LogP contribution in [0.4, 0.5) is 0 Å². The molecular weight excluding hydrogens is 240 g/mol. The lowest BCUT2D eigenvalue weighted by Crippen LogP contribution is -2.42. The van der Waals surface area contributed by atoms with E-state index in [-0.39, 0.29) is 5.91 Å². The second-order valence-corrected chi connectivity index (χ2v) is 5.74. The lowest BCUT2D eigenvalue weighted by Gasteiger charge is -2.38. The molecule has 0 atom stereocenters. The van der Waals surface area contributed by atoms with E-state index in [2.05, 4.69) is 18.8 Å². The van der Waals surface area contributed by atoms with Crippen molar-refractivity contribution in [2.45, 2.75) is 39.7 Å². The van der Waals surface area contributed by atoms with Gasteiger partial charge in [0.25, 0.3) is 5.91 Å². The van der Waals surface area contributed by atoms with Crippen molar-refractivity contribution >= 4 is 5.91 Å². The summed E-state index contributed by atoms with van der Waals surface area (Å²) >= 11 is 0. The van der Waals surface area contributed by atoms with Gasteiger partial charge in [-0.2, -0.15) is 0 Å². The second kappa shape index (κ2) is 5.74. The minimum absolute atomic E-state index is 0.0499. The molecule has 5 nitrogen and oxygen atoms in total. The van der Waals surface area contributed by atoms with Gasteiger partial charge in [-0.3, -0.25) is 4.79 Å². The van der Waals surface area contributed by atoms with Crippen LogP contribution in [0.1, 0.15) is 43.6 Å². The number of rotatable bonds is 4. The first-order chi connectivity index (χ1) is 9.08. The number of nitrogens with two attached hydrogens (primary N) is 1. The molecule has 1 fully saturated rings. The van der Waals surface area contributed by atoms with Gasteiger partial charge in [0.1, 0.15) is 5.69 Å². The van der Waals surface area contributed by atoms with Crippen molar-refractivity contribution in [3.05, 3.63) is 18.2 Å². The summed E-state index contributed by atoms with van der Waals surface area (Å²) in [6.45, 7) is 7.48. The predicted octanol–water partition coefficient (Wildman–Crippen LogP) is 1.49. The van der Waals surface area contributed by atoms with E-state index in [1.54, 1.807) is 12.5 Å². The van der Waals surface area contributed by atoms with E-state index in [1.165, 1.54) is 6.42 Å². The first kappa shape index (κ1) is 14.1. The first-order valence-corrected chi connectivity index (χ1v) is 7.09. The monoisotopic (exact) mass is 264 g/mol. The highest BCUT2D eigenvalue weighted by Gasteiger charge is 2.31. The quantitative estimate of drug-likeness (QED) is 0.896. The van der Waals surface area contributed by atoms with Crippen molar-refractivity contribution in [1.29, 1.82) is 0 Å². The van der Waals surface area contributed by atoms with E-state index in [0.717, 1.165) is 25.9 Å². The molecule has 2 heterocycles. The highest BCUT2D eigenvalue weighted by molar-refractivity contribution is 5.92. The fourth-order valence-corrected chi connectivity index (χ4v) is 2.51. The molecular formula is C14H24N4O. The summed E-state index contributed by atoms with van der Waals surface area (Å²) in [5.41, 5.74) is 6.42. The van der Waals surface area contributed by atoms with E-state index in [0.29, 0.717) is 24.2 Å². The Morgan fingerprint density at radius 1 is 1.47 bits per heavy atom. The number of likely N-dealkylation sites (tertiary alicyclic amines) is 1. The number of carbonyl (C=O) groups is 1. The summed E-state index contributed by atoms with van der Waals surface area (Å²) in [5, 5.41) is 0. The van der Waals surface area contributed by atoms with Crippen LogP contribution in [0, 0.1) is 5.41 Å². The molecule has 1 aromatic heterocycles. The molecule has 19 heavy (non-hydrogen) atoms. The number of hydrogen-bond acceptors (Lipinski definition) is 3. The Kier molecular flexibility index (Phi) is 4.24. The van der Waals surface area contributed by atoms with Gasteiger partial charge < -0.3 is 15.2 Å². The van der Waals surface area contributed by atoms with Crippen LogP contribution in [0.5, 0.6) is 0 Å². The van der Waals surface area contributed by atoms with Gasteiger partial charge >= 0.3 is 0 Å². The number of aromatic nitrogens is 2. The van der Waals surface area contributed by atoms with E-state index in [4.69, 9.17) is 5.73 Å². The molecule has 1 aliphatic rings. The predicted molar refractivity (Wildman–Crippen MR) is 74.8 cm³/mol. The molecule has 0 radical (unpaired) electrons. The Labute approximate surface area is 114 Å². The van der Waals surface area contributed by atoms with Crippen molar-refractivity contribution in [1.82, 2.24) is 14.5 Å². The third-order valence-electron chi connectivity index (χ3n) is 4.35. The summed E-state index contributed by atoms with van der Waals surface area (Å²) in [6, 6.07) is 0. The maximum absolute atomic E-state index is 12.3. The van der Waals surface area contributed by atoms with Crippen LogP contribution in [0.25, 0.3) is 0 Å². The molecule has 1 saturated heterocycles. The average molecular weight is 264 g/mol. The molecule has 0 saturated carbocycles. The van der Waals surface area contributed by atoms with Crippen LogP contribution < -0.4 is 5.73 Å². The van der Waals surface area contributed by atoms with E-state index < -0.39 is 0 Å². The van der Waals surface area contributed by atoms with Gasteiger partial charge in [-0.25, -0.2) is 4.98 Å². The molecule has 0 spiro atoms. The number of piperidine rings is 1. The standard InChI is InChI=1S/C14H24N4O/c1-3-14(2)4-7-18(8-5-14)13(19)12-10-17(9-6-15)11-16-12/h10-11H,3-9,15H2,1-2H3. The second-order valence-electron chi connectivity index (χ2n) is 5.74. The SMILES string of the molecule is CCC1(C)CCN(C(=O)c2cn(CCN)cn2)CC1. The van der Waals surface area contributed by atoms with Crippen LogP contribution >= 0.6 is 0 Å². The van der Waals surface area contributed by atoms with Gasteiger partial charge in [0, 0.05) is 32.4 Å². The Hall–Kier alpha value is -1.36. The Balaban J connectivity index is 1.97. The topological polar surface area (TPSA) is 64.2 Å². The molecule has 106 valence electrons. The summed E-state index contributed by atoms with van der Waals surface area (Å²) in [4.78, 5) is 18.4. The molecule has 2 N–H and O–H groups in total. The number of amides is 1. The minimum atomic E-state index is 0.0499. The highest BCUT2D eigenvalue weighted by atomic mass is 16.2. The summed E-state index contributed by atoms with van der Waals surface area (Å²) in [5.74, 6) is 0.0499. The summed E-state index contributed by atoms with van der Waals surface area (Å²) in [6.07, 6.45) is 6.82.